The van der Waals surface area contributed by atoms with Gasteiger partial charge in [-0.25, -0.2) is 0 Å². The smallest absolute Gasteiger partial charge is 0.306 e. The van der Waals surface area contributed by atoms with Crippen LogP contribution in [-0.4, -0.2) is 43.3 Å². The molecule has 2 aromatic carbocycles. The van der Waals surface area contributed by atoms with Gasteiger partial charge < -0.3 is 14.6 Å². The highest BCUT2D eigenvalue weighted by Crippen LogP contribution is 2.39. The van der Waals surface area contributed by atoms with Crippen molar-refractivity contribution >= 4 is 21.9 Å². The second-order valence-corrected chi connectivity index (χ2v) is 7.63. The van der Waals surface area contributed by atoms with E-state index in [9.17, 15) is 9.90 Å². The molecule has 0 amide bonds. The maximum absolute atomic E-state index is 11.3. The van der Waals surface area contributed by atoms with Crippen LogP contribution in [0.3, 0.4) is 0 Å². The van der Waals surface area contributed by atoms with Crippen molar-refractivity contribution < 1.29 is 19.4 Å². The summed E-state index contributed by atoms with van der Waals surface area (Å²) in [7, 11) is 3.33. The number of methoxy groups -OCH3 is 2. The van der Waals surface area contributed by atoms with Crippen LogP contribution >= 0.6 is 15.9 Å². The van der Waals surface area contributed by atoms with Crippen molar-refractivity contribution in [2.24, 2.45) is 5.92 Å². The minimum atomic E-state index is -0.701. The van der Waals surface area contributed by atoms with Crippen molar-refractivity contribution in [2.45, 2.75) is 18.9 Å². The number of rotatable bonds is 6. The number of carboxylic acids is 1. The molecule has 3 rings (SSSR count). The highest BCUT2D eigenvalue weighted by molar-refractivity contribution is 9.10. The van der Waals surface area contributed by atoms with E-state index in [1.54, 1.807) is 14.2 Å². The van der Waals surface area contributed by atoms with Crippen LogP contribution in [0.1, 0.15) is 30.0 Å². The average Bonchev–Trinajstić information content (AvgIpc) is 2.69. The Bertz CT molecular complexity index is 803. The van der Waals surface area contributed by atoms with Gasteiger partial charge in [-0.1, -0.05) is 28.1 Å². The second-order valence-electron chi connectivity index (χ2n) is 6.71. The van der Waals surface area contributed by atoms with Crippen LogP contribution in [0, 0.1) is 5.92 Å². The maximum atomic E-state index is 11.3. The largest absolute Gasteiger partial charge is 0.497 e. The second kappa shape index (κ2) is 8.76. The van der Waals surface area contributed by atoms with Gasteiger partial charge in [-0.15, -0.1) is 0 Å². The Morgan fingerprint density at radius 2 is 1.89 bits per heavy atom. The molecular weight excluding hydrogens is 410 g/mol. The fourth-order valence-corrected chi connectivity index (χ4v) is 4.10. The molecule has 0 aromatic heterocycles. The molecule has 0 saturated carbocycles. The van der Waals surface area contributed by atoms with Gasteiger partial charge in [0.2, 0.25) is 0 Å². The predicted octanol–water partition coefficient (Wildman–Crippen LogP) is 4.35. The van der Waals surface area contributed by atoms with E-state index < -0.39 is 5.97 Å². The molecular formula is C21H24BrNO4. The Balaban J connectivity index is 2.02. The monoisotopic (exact) mass is 433 g/mol. The molecule has 0 spiro atoms. The van der Waals surface area contributed by atoms with Gasteiger partial charge in [0.1, 0.15) is 11.5 Å². The fraction of sp³-hybridized carbons (Fsp3) is 0.381. The van der Waals surface area contributed by atoms with Gasteiger partial charge in [0.05, 0.1) is 26.2 Å². The number of hydrogen-bond donors (Lipinski definition) is 1. The summed E-state index contributed by atoms with van der Waals surface area (Å²) in [4.78, 5) is 13.7. The summed E-state index contributed by atoms with van der Waals surface area (Å²) < 4.78 is 12.0. The summed E-state index contributed by atoms with van der Waals surface area (Å²) in [5, 5.41) is 9.32. The Labute approximate surface area is 168 Å². The number of carboxylic acid groups (broad SMARTS) is 1. The van der Waals surface area contributed by atoms with E-state index in [0.29, 0.717) is 25.9 Å². The Morgan fingerprint density at radius 1 is 1.15 bits per heavy atom. The molecule has 5 nitrogen and oxygen atoms in total. The van der Waals surface area contributed by atoms with Crippen molar-refractivity contribution in [2.75, 3.05) is 27.3 Å². The van der Waals surface area contributed by atoms with Gasteiger partial charge in [0.15, 0.2) is 0 Å². The number of carbonyl (C=O) groups is 1. The molecule has 27 heavy (non-hydrogen) atoms. The Hall–Kier alpha value is -2.05. The van der Waals surface area contributed by atoms with Crippen molar-refractivity contribution in [1.29, 1.82) is 0 Å². The number of likely N-dealkylation sites (tertiary alicyclic amines) is 1. The number of nitrogens with zero attached hydrogens (tertiary/aromatic N) is 1. The first-order valence-corrected chi connectivity index (χ1v) is 9.77. The fourth-order valence-electron chi connectivity index (χ4n) is 3.72. The molecule has 144 valence electrons. The SMILES string of the molecule is COc1cccc(C(c2cc(Br)ccc2OC)N2CCC(C(=O)O)CC2)c1. The van der Waals surface area contributed by atoms with Gasteiger partial charge >= 0.3 is 5.97 Å². The van der Waals surface area contributed by atoms with Gasteiger partial charge in [-0.05, 0) is 61.8 Å². The van der Waals surface area contributed by atoms with Gasteiger partial charge in [0.25, 0.3) is 0 Å². The van der Waals surface area contributed by atoms with Crippen molar-refractivity contribution in [3.05, 3.63) is 58.1 Å². The number of benzene rings is 2. The molecule has 2 aromatic rings. The topological polar surface area (TPSA) is 59.0 Å². The lowest BCUT2D eigenvalue weighted by atomic mass is 9.91. The third kappa shape index (κ3) is 4.45. The lowest BCUT2D eigenvalue weighted by molar-refractivity contribution is -0.143. The highest BCUT2D eigenvalue weighted by atomic mass is 79.9. The van der Waals surface area contributed by atoms with E-state index in [1.165, 1.54) is 0 Å². The van der Waals surface area contributed by atoms with Gasteiger partial charge in [-0.2, -0.15) is 0 Å². The van der Waals surface area contributed by atoms with Crippen molar-refractivity contribution in [1.82, 2.24) is 4.90 Å². The molecule has 1 aliphatic rings. The molecule has 1 fully saturated rings. The summed E-state index contributed by atoms with van der Waals surface area (Å²) in [5.41, 5.74) is 2.15. The zero-order valence-electron chi connectivity index (χ0n) is 15.5. The van der Waals surface area contributed by atoms with Gasteiger partial charge in [-0.3, -0.25) is 9.69 Å². The number of hydrogen-bond acceptors (Lipinski definition) is 4. The van der Waals surface area contributed by atoms with Crippen LogP contribution in [0.2, 0.25) is 0 Å². The summed E-state index contributed by atoms with van der Waals surface area (Å²) in [6.45, 7) is 1.43. The molecule has 6 heteroatoms. The minimum absolute atomic E-state index is 0.0395. The van der Waals surface area contributed by atoms with Crippen molar-refractivity contribution in [3.8, 4) is 11.5 Å². The standard InChI is InChI=1S/C21H24BrNO4/c1-26-17-5-3-4-15(12-17)20(18-13-16(22)6-7-19(18)27-2)23-10-8-14(9-11-23)21(24)25/h3-7,12-14,20H,8-11H2,1-2H3,(H,24,25). The zero-order chi connectivity index (χ0) is 19.4. The lowest BCUT2D eigenvalue weighted by Crippen LogP contribution is -2.39. The van der Waals surface area contributed by atoms with Crippen molar-refractivity contribution in [3.63, 3.8) is 0 Å². The Kier molecular flexibility index (Phi) is 6.39. The first-order chi connectivity index (χ1) is 13.0. The number of halogens is 1. The van der Waals surface area contributed by atoms with E-state index in [1.807, 2.05) is 30.3 Å². The summed E-state index contributed by atoms with van der Waals surface area (Å²) in [6.07, 6.45) is 1.29. The Morgan fingerprint density at radius 3 is 2.52 bits per heavy atom. The third-order valence-corrected chi connectivity index (χ3v) is 5.63. The molecule has 1 saturated heterocycles. The minimum Gasteiger partial charge on any atom is -0.497 e. The summed E-state index contributed by atoms with van der Waals surface area (Å²) >= 11 is 3.57. The number of piperidine rings is 1. The number of ether oxygens (including phenoxy) is 2. The van der Waals surface area contributed by atoms with Crippen LogP contribution in [0.15, 0.2) is 46.9 Å². The van der Waals surface area contributed by atoms with Crippen LogP contribution < -0.4 is 9.47 Å². The molecule has 0 aliphatic carbocycles. The summed E-state index contributed by atoms with van der Waals surface area (Å²) in [5.74, 6) is 0.641. The molecule has 1 heterocycles. The highest BCUT2D eigenvalue weighted by Gasteiger charge is 2.31. The number of aliphatic carboxylic acids is 1. The van der Waals surface area contributed by atoms with Crippen LogP contribution in [0.5, 0.6) is 11.5 Å². The van der Waals surface area contributed by atoms with E-state index >= 15 is 0 Å². The lowest BCUT2D eigenvalue weighted by Gasteiger charge is -2.37. The normalized spacial score (nSPS) is 16.7. The first kappa shape index (κ1) is 19.7. The molecule has 1 unspecified atom stereocenters. The molecule has 1 N–H and O–H groups in total. The van der Waals surface area contributed by atoms with Gasteiger partial charge in [0, 0.05) is 10.0 Å². The van der Waals surface area contributed by atoms with E-state index in [2.05, 4.69) is 33.0 Å². The van der Waals surface area contributed by atoms with Crippen LogP contribution in [-0.2, 0) is 4.79 Å². The maximum Gasteiger partial charge on any atom is 0.306 e. The third-order valence-electron chi connectivity index (χ3n) is 5.14. The van der Waals surface area contributed by atoms with Crippen LogP contribution in [0.4, 0.5) is 0 Å². The molecule has 0 bridgehead atoms. The van der Waals surface area contributed by atoms with E-state index in [0.717, 1.165) is 27.1 Å². The first-order valence-electron chi connectivity index (χ1n) is 8.97. The predicted molar refractivity (Wildman–Crippen MR) is 107 cm³/mol. The van der Waals surface area contributed by atoms with E-state index in [-0.39, 0.29) is 12.0 Å². The molecule has 1 atom stereocenters. The molecule has 1 aliphatic heterocycles. The quantitative estimate of drug-likeness (QED) is 0.733. The zero-order valence-corrected chi connectivity index (χ0v) is 17.1. The van der Waals surface area contributed by atoms with Crippen LogP contribution in [0.25, 0.3) is 0 Å². The molecule has 0 radical (unpaired) electrons. The summed E-state index contributed by atoms with van der Waals surface area (Å²) in [6, 6.07) is 14.0. The van der Waals surface area contributed by atoms with E-state index in [4.69, 9.17) is 9.47 Å². The average molecular weight is 434 g/mol.